The van der Waals surface area contributed by atoms with Crippen LogP contribution in [0.15, 0.2) is 12.1 Å². The lowest BCUT2D eigenvalue weighted by molar-refractivity contribution is 0.417. The summed E-state index contributed by atoms with van der Waals surface area (Å²) in [6.07, 6.45) is 0.256. The highest BCUT2D eigenvalue weighted by atomic mass is 19.2. The molecule has 2 aromatic carbocycles. The Balaban J connectivity index is 3.05. The number of hydrogen-bond donors (Lipinski definition) is 1. The number of halogens is 4. The molecule has 0 heterocycles. The van der Waals surface area contributed by atoms with Gasteiger partial charge in [0.1, 0.15) is 5.75 Å². The van der Waals surface area contributed by atoms with Crippen molar-refractivity contribution in [1.29, 1.82) is 0 Å². The van der Waals surface area contributed by atoms with Gasteiger partial charge in [0.2, 0.25) is 0 Å². The van der Waals surface area contributed by atoms with E-state index in [0.29, 0.717) is 0 Å². The molecule has 0 saturated carbocycles. The molecular formula is C12H8F4O. The average Bonchev–Trinajstić information content (AvgIpc) is 2.32. The lowest BCUT2D eigenvalue weighted by atomic mass is 10.0. The van der Waals surface area contributed by atoms with Crippen LogP contribution >= 0.6 is 0 Å². The molecule has 1 N–H and O–H groups in total. The second-order valence-electron chi connectivity index (χ2n) is 3.64. The fourth-order valence-electron chi connectivity index (χ4n) is 1.82. The minimum absolute atomic E-state index is 0.218. The summed E-state index contributed by atoms with van der Waals surface area (Å²) < 4.78 is 53.1. The molecule has 0 atom stereocenters. The predicted molar refractivity (Wildman–Crippen MR) is 54.8 cm³/mol. The first kappa shape index (κ1) is 11.7. The first-order chi connectivity index (χ1) is 7.97. The van der Waals surface area contributed by atoms with Gasteiger partial charge in [-0.1, -0.05) is 6.92 Å². The van der Waals surface area contributed by atoms with Gasteiger partial charge < -0.3 is 5.11 Å². The van der Waals surface area contributed by atoms with E-state index in [-0.39, 0.29) is 23.1 Å². The molecule has 0 aliphatic heterocycles. The van der Waals surface area contributed by atoms with Crippen LogP contribution in [0.2, 0.25) is 0 Å². The molecule has 0 bridgehead atoms. The zero-order chi connectivity index (χ0) is 12.7. The Morgan fingerprint density at radius 3 is 2.12 bits per heavy atom. The van der Waals surface area contributed by atoms with E-state index in [1.54, 1.807) is 6.92 Å². The second kappa shape index (κ2) is 3.91. The number of phenols is 1. The highest BCUT2D eigenvalue weighted by molar-refractivity contribution is 5.88. The number of benzene rings is 2. The molecule has 0 radical (unpaired) electrons. The van der Waals surface area contributed by atoms with Crippen molar-refractivity contribution in [2.75, 3.05) is 0 Å². The Labute approximate surface area is 94.3 Å². The van der Waals surface area contributed by atoms with Crippen molar-refractivity contribution >= 4 is 10.8 Å². The Bertz CT molecular complexity index is 607. The molecule has 2 aromatic rings. The third kappa shape index (κ3) is 1.62. The molecule has 2 rings (SSSR count). The molecule has 5 heteroatoms. The van der Waals surface area contributed by atoms with E-state index in [0.717, 1.165) is 6.07 Å². The first-order valence-corrected chi connectivity index (χ1v) is 4.94. The van der Waals surface area contributed by atoms with Gasteiger partial charge in [-0.15, -0.1) is 0 Å². The molecule has 0 fully saturated rings. The number of aryl methyl sites for hydroxylation is 1. The van der Waals surface area contributed by atoms with Crippen molar-refractivity contribution in [2.45, 2.75) is 13.3 Å². The van der Waals surface area contributed by atoms with Crippen LogP contribution in [-0.4, -0.2) is 5.11 Å². The summed E-state index contributed by atoms with van der Waals surface area (Å²) in [6, 6.07) is 2.07. The smallest absolute Gasteiger partial charge is 0.198 e. The molecule has 0 saturated heterocycles. The summed E-state index contributed by atoms with van der Waals surface area (Å²) in [5.41, 5.74) is 0.218. The van der Waals surface area contributed by atoms with Gasteiger partial charge in [0.15, 0.2) is 23.3 Å². The number of hydrogen-bond acceptors (Lipinski definition) is 1. The quantitative estimate of drug-likeness (QED) is 0.461. The topological polar surface area (TPSA) is 20.2 Å². The van der Waals surface area contributed by atoms with Crippen LogP contribution in [0, 0.1) is 23.3 Å². The van der Waals surface area contributed by atoms with E-state index >= 15 is 0 Å². The molecular weight excluding hydrogens is 236 g/mol. The van der Waals surface area contributed by atoms with Gasteiger partial charge in [-0.05, 0) is 24.1 Å². The highest BCUT2D eigenvalue weighted by Crippen LogP contribution is 2.32. The van der Waals surface area contributed by atoms with E-state index in [9.17, 15) is 22.7 Å². The lowest BCUT2D eigenvalue weighted by Gasteiger charge is -2.09. The maximum atomic E-state index is 13.6. The molecule has 0 aliphatic rings. The van der Waals surface area contributed by atoms with Gasteiger partial charge >= 0.3 is 0 Å². The third-order valence-corrected chi connectivity index (χ3v) is 2.62. The van der Waals surface area contributed by atoms with Crippen LogP contribution in [0.3, 0.4) is 0 Å². The van der Waals surface area contributed by atoms with E-state index in [1.807, 2.05) is 0 Å². The standard InChI is InChI=1S/C12H8F4O/c1-2-5-3-6(17)4-7-8(5)10(14)12(16)11(15)9(7)13/h3-4,17H,2H2,1H3. The summed E-state index contributed by atoms with van der Waals surface area (Å²) in [6.45, 7) is 1.63. The average molecular weight is 244 g/mol. The van der Waals surface area contributed by atoms with Crippen LogP contribution < -0.4 is 0 Å². The van der Waals surface area contributed by atoms with Gasteiger partial charge in [-0.25, -0.2) is 17.6 Å². The van der Waals surface area contributed by atoms with Gasteiger partial charge in [0.05, 0.1) is 0 Å². The second-order valence-corrected chi connectivity index (χ2v) is 3.64. The zero-order valence-corrected chi connectivity index (χ0v) is 8.82. The maximum absolute atomic E-state index is 13.6. The Kier molecular flexibility index (Phi) is 2.69. The summed E-state index contributed by atoms with van der Waals surface area (Å²) in [7, 11) is 0. The zero-order valence-electron chi connectivity index (χ0n) is 8.82. The van der Waals surface area contributed by atoms with Crippen molar-refractivity contribution in [3.63, 3.8) is 0 Å². The lowest BCUT2D eigenvalue weighted by Crippen LogP contribution is -2.00. The Morgan fingerprint density at radius 2 is 1.53 bits per heavy atom. The molecule has 17 heavy (non-hydrogen) atoms. The fourth-order valence-corrected chi connectivity index (χ4v) is 1.82. The number of phenolic OH excluding ortho intramolecular Hbond substituents is 1. The van der Waals surface area contributed by atoms with Crippen molar-refractivity contribution in [2.24, 2.45) is 0 Å². The minimum Gasteiger partial charge on any atom is -0.508 e. The van der Waals surface area contributed by atoms with Crippen LogP contribution in [0.25, 0.3) is 10.8 Å². The first-order valence-electron chi connectivity index (χ1n) is 4.94. The Hall–Kier alpha value is -1.78. The molecule has 0 aromatic heterocycles. The van der Waals surface area contributed by atoms with E-state index in [2.05, 4.69) is 0 Å². The number of fused-ring (bicyclic) bond motifs is 1. The normalized spacial score (nSPS) is 11.1. The van der Waals surface area contributed by atoms with Crippen molar-refractivity contribution in [3.8, 4) is 5.75 Å². The molecule has 0 unspecified atom stereocenters. The van der Waals surface area contributed by atoms with Gasteiger partial charge in [-0.3, -0.25) is 0 Å². The molecule has 1 nitrogen and oxygen atoms in total. The fraction of sp³-hybridized carbons (Fsp3) is 0.167. The molecule has 90 valence electrons. The number of rotatable bonds is 1. The summed E-state index contributed by atoms with van der Waals surface area (Å²) >= 11 is 0. The summed E-state index contributed by atoms with van der Waals surface area (Å²) in [4.78, 5) is 0. The molecule has 0 spiro atoms. The molecule has 0 amide bonds. The monoisotopic (exact) mass is 244 g/mol. The van der Waals surface area contributed by atoms with Gasteiger partial charge in [-0.2, -0.15) is 0 Å². The van der Waals surface area contributed by atoms with Crippen LogP contribution in [-0.2, 0) is 6.42 Å². The summed E-state index contributed by atoms with van der Waals surface area (Å²) in [5, 5.41) is 8.52. The van der Waals surface area contributed by atoms with Crippen molar-refractivity contribution in [3.05, 3.63) is 41.0 Å². The SMILES string of the molecule is CCc1cc(O)cc2c(F)c(F)c(F)c(F)c12. The van der Waals surface area contributed by atoms with Gasteiger partial charge in [0, 0.05) is 10.8 Å². The Morgan fingerprint density at radius 1 is 0.941 bits per heavy atom. The van der Waals surface area contributed by atoms with Crippen LogP contribution in [0.1, 0.15) is 12.5 Å². The van der Waals surface area contributed by atoms with Crippen LogP contribution in [0.4, 0.5) is 17.6 Å². The van der Waals surface area contributed by atoms with Crippen molar-refractivity contribution < 1.29 is 22.7 Å². The largest absolute Gasteiger partial charge is 0.508 e. The van der Waals surface area contributed by atoms with E-state index in [1.165, 1.54) is 6.07 Å². The number of aromatic hydroxyl groups is 1. The predicted octanol–water partition coefficient (Wildman–Crippen LogP) is 3.66. The molecule has 0 aliphatic carbocycles. The maximum Gasteiger partial charge on any atom is 0.198 e. The van der Waals surface area contributed by atoms with Crippen molar-refractivity contribution in [1.82, 2.24) is 0 Å². The highest BCUT2D eigenvalue weighted by Gasteiger charge is 2.22. The summed E-state index contributed by atoms with van der Waals surface area (Å²) in [5.74, 6) is -6.96. The van der Waals surface area contributed by atoms with Gasteiger partial charge in [0.25, 0.3) is 0 Å². The van der Waals surface area contributed by atoms with Crippen LogP contribution in [0.5, 0.6) is 5.75 Å². The third-order valence-electron chi connectivity index (χ3n) is 2.62. The minimum atomic E-state index is -1.87. The van der Waals surface area contributed by atoms with E-state index in [4.69, 9.17) is 0 Å². The van der Waals surface area contributed by atoms with E-state index < -0.39 is 28.7 Å².